The maximum atomic E-state index is 10.6. The quantitative estimate of drug-likeness (QED) is 0.606. The molecule has 146 valence electrons. The molecule has 27 heavy (non-hydrogen) atoms. The first kappa shape index (κ1) is 19.9. The van der Waals surface area contributed by atoms with Crippen molar-refractivity contribution in [2.24, 2.45) is 0 Å². The molecule has 0 bridgehead atoms. The van der Waals surface area contributed by atoms with Crippen molar-refractivity contribution in [3.63, 3.8) is 0 Å². The van der Waals surface area contributed by atoms with Crippen molar-refractivity contribution in [3.8, 4) is 0 Å². The molecule has 1 aliphatic rings. The Morgan fingerprint density at radius 3 is 2.59 bits per heavy atom. The molecule has 1 aromatic heterocycles. The van der Waals surface area contributed by atoms with E-state index in [1.165, 1.54) is 5.56 Å². The van der Waals surface area contributed by atoms with E-state index in [-0.39, 0.29) is 18.8 Å². The van der Waals surface area contributed by atoms with Gasteiger partial charge in [0.05, 0.1) is 24.4 Å². The number of hydrogen-bond acceptors (Lipinski definition) is 6. The molecular formula is C21H29N3O3. The van der Waals surface area contributed by atoms with Crippen molar-refractivity contribution in [2.75, 3.05) is 26.7 Å². The summed E-state index contributed by atoms with van der Waals surface area (Å²) in [7, 11) is 2.01. The van der Waals surface area contributed by atoms with E-state index in [9.17, 15) is 10.2 Å². The summed E-state index contributed by atoms with van der Waals surface area (Å²) >= 11 is 0. The zero-order chi connectivity index (χ0) is 19.1. The fraction of sp³-hybridized carbons (Fsp3) is 0.476. The van der Waals surface area contributed by atoms with Crippen LogP contribution >= 0.6 is 0 Å². The van der Waals surface area contributed by atoms with Gasteiger partial charge in [0.15, 0.2) is 0 Å². The molecular weight excluding hydrogens is 342 g/mol. The lowest BCUT2D eigenvalue weighted by atomic mass is 10.0. The maximum Gasteiger partial charge on any atom is 0.109 e. The highest BCUT2D eigenvalue weighted by atomic mass is 16.5. The number of aliphatic hydroxyl groups excluding tert-OH is 2. The Labute approximate surface area is 160 Å². The predicted octanol–water partition coefficient (Wildman–Crippen LogP) is 0.835. The number of benzene rings is 1. The Balaban J connectivity index is 1.57. The molecule has 6 heteroatoms. The minimum atomic E-state index is -0.711. The molecule has 0 radical (unpaired) electrons. The largest absolute Gasteiger partial charge is 0.394 e. The van der Waals surface area contributed by atoms with E-state index >= 15 is 0 Å². The summed E-state index contributed by atoms with van der Waals surface area (Å²) < 4.78 is 5.92. The zero-order valence-electron chi connectivity index (χ0n) is 15.7. The van der Waals surface area contributed by atoms with Gasteiger partial charge in [0.25, 0.3) is 0 Å². The van der Waals surface area contributed by atoms with Crippen LogP contribution in [0, 0.1) is 0 Å². The van der Waals surface area contributed by atoms with E-state index in [0.717, 1.165) is 18.7 Å². The smallest absolute Gasteiger partial charge is 0.109 e. The SMILES string of the molecule is CN(CCc1ccccc1)[C@@H]1[C@H](O)[C@H](CO)O[C@@H]1CNCc1ccccn1. The Kier molecular flexibility index (Phi) is 7.32. The van der Waals surface area contributed by atoms with Gasteiger partial charge in [-0.2, -0.15) is 0 Å². The number of nitrogens with one attached hydrogen (secondary N) is 1. The minimum Gasteiger partial charge on any atom is -0.394 e. The minimum absolute atomic E-state index is 0.165. The van der Waals surface area contributed by atoms with Crippen LogP contribution in [-0.2, 0) is 17.7 Å². The molecule has 3 N–H and O–H groups in total. The number of nitrogens with zero attached hydrogens (tertiary/aromatic N) is 2. The third-order valence-electron chi connectivity index (χ3n) is 5.12. The monoisotopic (exact) mass is 371 g/mol. The number of aromatic nitrogens is 1. The second-order valence-corrected chi connectivity index (χ2v) is 7.04. The van der Waals surface area contributed by atoms with E-state index in [1.807, 2.05) is 43.4 Å². The Hall–Kier alpha value is -1.83. The summed E-state index contributed by atoms with van der Waals surface area (Å²) in [4.78, 5) is 6.44. The van der Waals surface area contributed by atoms with Crippen LogP contribution in [0.2, 0.25) is 0 Å². The highest BCUT2D eigenvalue weighted by Gasteiger charge is 2.44. The van der Waals surface area contributed by atoms with Gasteiger partial charge in [-0.1, -0.05) is 36.4 Å². The van der Waals surface area contributed by atoms with Gasteiger partial charge in [0.1, 0.15) is 12.2 Å². The zero-order valence-corrected chi connectivity index (χ0v) is 15.7. The van der Waals surface area contributed by atoms with Crippen LogP contribution in [0.25, 0.3) is 0 Å². The lowest BCUT2D eigenvalue weighted by Crippen LogP contribution is -2.49. The predicted molar refractivity (Wildman–Crippen MR) is 104 cm³/mol. The van der Waals surface area contributed by atoms with Crippen LogP contribution in [0.1, 0.15) is 11.3 Å². The van der Waals surface area contributed by atoms with Gasteiger partial charge >= 0.3 is 0 Å². The first-order valence-electron chi connectivity index (χ1n) is 9.48. The second-order valence-electron chi connectivity index (χ2n) is 7.04. The summed E-state index contributed by atoms with van der Waals surface area (Å²) in [5.41, 5.74) is 2.23. The molecule has 0 spiro atoms. The van der Waals surface area contributed by atoms with Crippen LogP contribution in [0.4, 0.5) is 0 Å². The first-order chi connectivity index (χ1) is 13.2. The Bertz CT molecular complexity index is 671. The average molecular weight is 371 g/mol. The van der Waals surface area contributed by atoms with Crippen molar-refractivity contribution < 1.29 is 14.9 Å². The maximum absolute atomic E-state index is 10.6. The fourth-order valence-electron chi connectivity index (χ4n) is 3.63. The number of rotatable bonds is 9. The molecule has 0 unspecified atom stereocenters. The lowest BCUT2D eigenvalue weighted by molar-refractivity contribution is -0.0213. The van der Waals surface area contributed by atoms with Gasteiger partial charge < -0.3 is 20.3 Å². The third-order valence-corrected chi connectivity index (χ3v) is 5.12. The van der Waals surface area contributed by atoms with Gasteiger partial charge in [0.2, 0.25) is 0 Å². The lowest BCUT2D eigenvalue weighted by Gasteiger charge is -2.30. The van der Waals surface area contributed by atoms with Crippen molar-refractivity contribution in [1.82, 2.24) is 15.2 Å². The summed E-state index contributed by atoms with van der Waals surface area (Å²) in [6.45, 7) is 1.86. The van der Waals surface area contributed by atoms with Gasteiger partial charge in [-0.05, 0) is 31.2 Å². The van der Waals surface area contributed by atoms with Crippen LogP contribution in [-0.4, -0.2) is 71.2 Å². The number of aliphatic hydroxyl groups is 2. The molecule has 3 rings (SSSR count). The summed E-state index contributed by atoms with van der Waals surface area (Å²) in [6, 6.07) is 16.0. The number of hydrogen-bond donors (Lipinski definition) is 3. The van der Waals surface area contributed by atoms with Crippen LogP contribution in [0.3, 0.4) is 0 Å². The molecule has 4 atom stereocenters. The van der Waals surface area contributed by atoms with Gasteiger partial charge in [-0.25, -0.2) is 0 Å². The highest BCUT2D eigenvalue weighted by molar-refractivity contribution is 5.15. The standard InChI is InChI=1S/C21H29N3O3/c1-24(12-10-16-7-3-2-4-8-16)20-18(27-19(15-25)21(20)26)14-22-13-17-9-5-6-11-23-17/h2-9,11,18-22,25-26H,10,12-15H2,1H3/t18-,19+,20+,21-/m1/s1. The van der Waals surface area contributed by atoms with Crippen molar-refractivity contribution in [3.05, 3.63) is 66.0 Å². The van der Waals surface area contributed by atoms with E-state index < -0.39 is 12.2 Å². The molecule has 1 aromatic carbocycles. The number of likely N-dealkylation sites (N-methyl/N-ethyl adjacent to an activating group) is 1. The summed E-state index contributed by atoms with van der Waals surface area (Å²) in [5.74, 6) is 0. The van der Waals surface area contributed by atoms with E-state index in [4.69, 9.17) is 4.74 Å². The summed E-state index contributed by atoms with van der Waals surface area (Å²) in [5, 5.41) is 23.5. The van der Waals surface area contributed by atoms with E-state index in [1.54, 1.807) is 6.20 Å². The topological polar surface area (TPSA) is 77.9 Å². The van der Waals surface area contributed by atoms with Gasteiger partial charge in [0, 0.05) is 25.8 Å². The van der Waals surface area contributed by atoms with Crippen molar-refractivity contribution in [1.29, 1.82) is 0 Å². The average Bonchev–Trinajstić information content (AvgIpc) is 3.03. The van der Waals surface area contributed by atoms with Crippen LogP contribution in [0.5, 0.6) is 0 Å². The number of ether oxygens (including phenoxy) is 1. The molecule has 6 nitrogen and oxygen atoms in total. The second kappa shape index (κ2) is 9.92. The summed E-state index contributed by atoms with van der Waals surface area (Å²) in [6.07, 6.45) is 1.22. The van der Waals surface area contributed by atoms with Crippen molar-refractivity contribution in [2.45, 2.75) is 37.3 Å². The van der Waals surface area contributed by atoms with Crippen LogP contribution < -0.4 is 5.32 Å². The molecule has 0 amide bonds. The molecule has 1 fully saturated rings. The molecule has 1 aliphatic heterocycles. The molecule has 2 aromatic rings. The molecule has 0 aliphatic carbocycles. The number of pyridine rings is 1. The van der Waals surface area contributed by atoms with Crippen LogP contribution in [0.15, 0.2) is 54.7 Å². The van der Waals surface area contributed by atoms with Gasteiger partial charge in [-0.3, -0.25) is 9.88 Å². The highest BCUT2D eigenvalue weighted by Crippen LogP contribution is 2.25. The van der Waals surface area contributed by atoms with E-state index in [2.05, 4.69) is 27.3 Å². The molecule has 1 saturated heterocycles. The van der Waals surface area contributed by atoms with Crippen molar-refractivity contribution >= 4 is 0 Å². The van der Waals surface area contributed by atoms with E-state index in [0.29, 0.717) is 13.1 Å². The fourth-order valence-corrected chi connectivity index (χ4v) is 3.63. The Morgan fingerprint density at radius 1 is 1.11 bits per heavy atom. The third kappa shape index (κ3) is 5.34. The molecule has 2 heterocycles. The van der Waals surface area contributed by atoms with Gasteiger partial charge in [-0.15, -0.1) is 0 Å². The molecule has 0 saturated carbocycles. The first-order valence-corrected chi connectivity index (χ1v) is 9.48. The Morgan fingerprint density at radius 2 is 1.89 bits per heavy atom. The normalized spacial score (nSPS) is 25.2.